The van der Waals surface area contributed by atoms with E-state index in [1.165, 1.54) is 12.8 Å². The van der Waals surface area contributed by atoms with Crippen LogP contribution in [0.15, 0.2) is 12.4 Å². The number of rotatable bonds is 8. The quantitative estimate of drug-likeness (QED) is 0.704. The number of hydrogen-bond donors (Lipinski definition) is 2. The molecule has 1 amide bonds. The maximum atomic E-state index is 11.6. The van der Waals surface area contributed by atoms with E-state index < -0.39 is 0 Å². The number of H-pyrrole nitrogens is 1. The zero-order valence-corrected chi connectivity index (χ0v) is 11.4. The van der Waals surface area contributed by atoms with Crippen LogP contribution in [0.1, 0.15) is 44.1 Å². The second-order valence-corrected chi connectivity index (χ2v) is 5.09. The van der Waals surface area contributed by atoms with Crippen molar-refractivity contribution in [2.75, 3.05) is 13.2 Å². The molecular formula is C14H23N3O2. The van der Waals surface area contributed by atoms with Gasteiger partial charge in [0.1, 0.15) is 0 Å². The number of aromatic amines is 1. The summed E-state index contributed by atoms with van der Waals surface area (Å²) in [6.45, 7) is 1.70. The van der Waals surface area contributed by atoms with E-state index in [1.54, 1.807) is 6.20 Å². The van der Waals surface area contributed by atoms with Gasteiger partial charge in [0.25, 0.3) is 0 Å². The number of amides is 1. The summed E-state index contributed by atoms with van der Waals surface area (Å²) in [4.78, 5) is 11.6. The minimum atomic E-state index is 0.123. The maximum absolute atomic E-state index is 11.6. The van der Waals surface area contributed by atoms with Crippen molar-refractivity contribution in [3.05, 3.63) is 18.0 Å². The highest BCUT2D eigenvalue weighted by Gasteiger charge is 2.14. The number of nitrogens with one attached hydrogen (secondary N) is 2. The molecule has 0 bridgehead atoms. The molecule has 106 valence electrons. The summed E-state index contributed by atoms with van der Waals surface area (Å²) in [7, 11) is 0. The molecule has 1 saturated heterocycles. The number of unbranched alkanes of at least 4 members (excludes halogenated alkanes) is 1. The molecule has 2 heterocycles. The normalized spacial score (nSPS) is 18.6. The van der Waals surface area contributed by atoms with Gasteiger partial charge in [-0.2, -0.15) is 5.10 Å². The van der Waals surface area contributed by atoms with Gasteiger partial charge >= 0.3 is 0 Å². The third-order valence-electron chi connectivity index (χ3n) is 3.49. The number of nitrogens with zero attached hydrogens (tertiary/aromatic N) is 1. The number of aryl methyl sites for hydroxylation is 1. The van der Waals surface area contributed by atoms with Gasteiger partial charge in [-0.3, -0.25) is 9.89 Å². The van der Waals surface area contributed by atoms with Gasteiger partial charge in [-0.15, -0.1) is 0 Å². The molecule has 5 heteroatoms. The average molecular weight is 265 g/mol. The second-order valence-electron chi connectivity index (χ2n) is 5.09. The summed E-state index contributed by atoms with van der Waals surface area (Å²) < 4.78 is 5.56. The SMILES string of the molecule is O=C(CCc1cn[nH]c1)NCCCCC1CCCO1. The fourth-order valence-electron chi connectivity index (χ4n) is 2.36. The van der Waals surface area contributed by atoms with Crippen LogP contribution < -0.4 is 5.32 Å². The fraction of sp³-hybridized carbons (Fsp3) is 0.714. The van der Waals surface area contributed by atoms with Gasteiger partial charge in [-0.1, -0.05) is 0 Å². The molecule has 1 aliphatic heterocycles. The fourth-order valence-corrected chi connectivity index (χ4v) is 2.36. The lowest BCUT2D eigenvalue weighted by Gasteiger charge is -2.09. The Morgan fingerprint density at radius 2 is 2.47 bits per heavy atom. The highest BCUT2D eigenvalue weighted by atomic mass is 16.5. The van der Waals surface area contributed by atoms with Crippen molar-refractivity contribution in [2.24, 2.45) is 0 Å². The largest absolute Gasteiger partial charge is 0.378 e. The van der Waals surface area contributed by atoms with Crippen LogP contribution in [0, 0.1) is 0 Å². The van der Waals surface area contributed by atoms with Gasteiger partial charge in [0.15, 0.2) is 0 Å². The van der Waals surface area contributed by atoms with Gasteiger partial charge in [-0.25, -0.2) is 0 Å². The van der Waals surface area contributed by atoms with Gasteiger partial charge in [-0.05, 0) is 44.1 Å². The summed E-state index contributed by atoms with van der Waals surface area (Å²) in [5.41, 5.74) is 1.08. The van der Waals surface area contributed by atoms with Crippen molar-refractivity contribution in [2.45, 2.75) is 51.0 Å². The zero-order valence-electron chi connectivity index (χ0n) is 11.4. The molecule has 0 radical (unpaired) electrons. The third kappa shape index (κ3) is 5.42. The van der Waals surface area contributed by atoms with E-state index in [0.29, 0.717) is 12.5 Å². The Kier molecular flexibility index (Phi) is 5.88. The van der Waals surface area contributed by atoms with E-state index in [0.717, 1.165) is 44.4 Å². The predicted octanol–water partition coefficient (Wildman–Crippen LogP) is 1.81. The molecule has 19 heavy (non-hydrogen) atoms. The van der Waals surface area contributed by atoms with Crippen molar-refractivity contribution in [3.63, 3.8) is 0 Å². The molecule has 1 atom stereocenters. The highest BCUT2D eigenvalue weighted by Crippen LogP contribution is 2.17. The molecule has 0 aromatic carbocycles. The Labute approximate surface area is 114 Å². The third-order valence-corrected chi connectivity index (χ3v) is 3.49. The molecule has 0 spiro atoms. The summed E-state index contributed by atoms with van der Waals surface area (Å²) >= 11 is 0. The molecule has 0 saturated carbocycles. The van der Waals surface area contributed by atoms with E-state index in [9.17, 15) is 4.79 Å². The van der Waals surface area contributed by atoms with Crippen molar-refractivity contribution in [1.29, 1.82) is 0 Å². The summed E-state index contributed by atoms with van der Waals surface area (Å²) in [5, 5.41) is 9.56. The minimum Gasteiger partial charge on any atom is -0.378 e. The summed E-state index contributed by atoms with van der Waals surface area (Å²) in [5.74, 6) is 0.123. The molecule has 2 rings (SSSR count). The maximum Gasteiger partial charge on any atom is 0.220 e. The first-order chi connectivity index (χ1) is 9.34. The van der Waals surface area contributed by atoms with E-state index in [4.69, 9.17) is 4.74 Å². The van der Waals surface area contributed by atoms with Crippen molar-refractivity contribution in [1.82, 2.24) is 15.5 Å². The molecule has 1 aromatic heterocycles. The Hall–Kier alpha value is -1.36. The number of carbonyl (C=O) groups is 1. The van der Waals surface area contributed by atoms with Crippen molar-refractivity contribution < 1.29 is 9.53 Å². The minimum absolute atomic E-state index is 0.123. The topological polar surface area (TPSA) is 67.0 Å². The second kappa shape index (κ2) is 7.94. The van der Waals surface area contributed by atoms with Crippen LogP contribution >= 0.6 is 0 Å². The van der Waals surface area contributed by atoms with Crippen LogP contribution in [0.4, 0.5) is 0 Å². The van der Waals surface area contributed by atoms with Crippen molar-refractivity contribution >= 4 is 5.91 Å². The average Bonchev–Trinajstić information content (AvgIpc) is 3.09. The van der Waals surface area contributed by atoms with Gasteiger partial charge < -0.3 is 10.1 Å². The van der Waals surface area contributed by atoms with Crippen LogP contribution in [0.2, 0.25) is 0 Å². The first-order valence-electron chi connectivity index (χ1n) is 7.20. The summed E-state index contributed by atoms with van der Waals surface area (Å²) in [6, 6.07) is 0. The smallest absolute Gasteiger partial charge is 0.220 e. The summed E-state index contributed by atoms with van der Waals surface area (Å²) in [6.07, 6.45) is 11.0. The zero-order chi connectivity index (χ0) is 13.3. The molecule has 1 unspecified atom stereocenters. The van der Waals surface area contributed by atoms with E-state index >= 15 is 0 Å². The van der Waals surface area contributed by atoms with Gasteiger partial charge in [0, 0.05) is 25.8 Å². The number of carbonyl (C=O) groups excluding carboxylic acids is 1. The number of ether oxygens (including phenoxy) is 1. The lowest BCUT2D eigenvalue weighted by Crippen LogP contribution is -2.24. The molecule has 1 fully saturated rings. The van der Waals surface area contributed by atoms with E-state index in [1.807, 2.05) is 6.20 Å². The standard InChI is InChI=1S/C14H23N3O2/c18-14(7-6-12-10-16-17-11-12)15-8-2-1-4-13-5-3-9-19-13/h10-11,13H,1-9H2,(H,15,18)(H,16,17). The lowest BCUT2D eigenvalue weighted by molar-refractivity contribution is -0.121. The lowest BCUT2D eigenvalue weighted by atomic mass is 10.1. The Bertz CT molecular complexity index is 359. The Morgan fingerprint density at radius 3 is 3.21 bits per heavy atom. The first-order valence-corrected chi connectivity index (χ1v) is 7.20. The van der Waals surface area contributed by atoms with Crippen LogP contribution in [-0.4, -0.2) is 35.4 Å². The Morgan fingerprint density at radius 1 is 1.53 bits per heavy atom. The van der Waals surface area contributed by atoms with Gasteiger partial charge in [0.05, 0.1) is 12.3 Å². The molecule has 5 nitrogen and oxygen atoms in total. The number of hydrogen-bond acceptors (Lipinski definition) is 3. The monoisotopic (exact) mass is 265 g/mol. The first kappa shape index (κ1) is 14.1. The molecule has 2 N–H and O–H groups in total. The number of aromatic nitrogens is 2. The predicted molar refractivity (Wildman–Crippen MR) is 72.7 cm³/mol. The molecular weight excluding hydrogens is 242 g/mol. The molecule has 1 aliphatic rings. The molecule has 1 aromatic rings. The highest BCUT2D eigenvalue weighted by molar-refractivity contribution is 5.76. The van der Waals surface area contributed by atoms with Crippen LogP contribution in [0.5, 0.6) is 0 Å². The van der Waals surface area contributed by atoms with Gasteiger partial charge in [0.2, 0.25) is 5.91 Å². The van der Waals surface area contributed by atoms with Crippen LogP contribution in [0.3, 0.4) is 0 Å². The van der Waals surface area contributed by atoms with Crippen molar-refractivity contribution in [3.8, 4) is 0 Å². The van der Waals surface area contributed by atoms with Crippen LogP contribution in [-0.2, 0) is 16.0 Å². The Balaban J connectivity index is 1.45. The molecule has 0 aliphatic carbocycles. The van der Waals surface area contributed by atoms with E-state index in [-0.39, 0.29) is 5.91 Å². The van der Waals surface area contributed by atoms with E-state index in [2.05, 4.69) is 15.5 Å². The van der Waals surface area contributed by atoms with Crippen LogP contribution in [0.25, 0.3) is 0 Å².